The number of carbonyl (C=O) groups excluding carboxylic acids is 1. The van der Waals surface area contributed by atoms with Crippen LogP contribution in [0, 0.1) is 0 Å². The normalized spacial score (nSPS) is 12.9. The molecule has 1 heterocycles. The van der Waals surface area contributed by atoms with E-state index in [2.05, 4.69) is 6.58 Å². The number of ether oxygens (including phenoxy) is 3. The first kappa shape index (κ1) is 12.3. The molecule has 18 heavy (non-hydrogen) atoms. The third kappa shape index (κ3) is 2.11. The zero-order valence-electron chi connectivity index (χ0n) is 10.1. The van der Waals surface area contributed by atoms with Crippen molar-refractivity contribution in [2.45, 2.75) is 6.92 Å². The van der Waals surface area contributed by atoms with E-state index in [-0.39, 0.29) is 29.2 Å². The lowest BCUT2D eigenvalue weighted by Crippen LogP contribution is -2.16. The van der Waals surface area contributed by atoms with E-state index < -0.39 is 5.97 Å². The van der Waals surface area contributed by atoms with Gasteiger partial charge in [-0.15, -0.1) is 0 Å². The SMILES string of the molecule is C=C(C(=O)OCC)c1ccc2c(c1O)OCCO2. The van der Waals surface area contributed by atoms with E-state index in [1.54, 1.807) is 19.1 Å². The van der Waals surface area contributed by atoms with E-state index in [0.717, 1.165) is 0 Å². The van der Waals surface area contributed by atoms with Crippen molar-refractivity contribution in [1.29, 1.82) is 0 Å². The van der Waals surface area contributed by atoms with Crippen molar-refractivity contribution < 1.29 is 24.1 Å². The molecule has 0 saturated heterocycles. The predicted molar refractivity (Wildman–Crippen MR) is 64.8 cm³/mol. The van der Waals surface area contributed by atoms with Gasteiger partial charge in [-0.05, 0) is 19.1 Å². The first-order valence-corrected chi connectivity index (χ1v) is 5.63. The van der Waals surface area contributed by atoms with Gasteiger partial charge in [0.05, 0.1) is 12.2 Å². The standard InChI is InChI=1S/C13H14O5/c1-3-16-13(15)8(2)9-4-5-10-12(11(9)14)18-7-6-17-10/h4-5,14H,2-3,6-7H2,1H3. The zero-order valence-corrected chi connectivity index (χ0v) is 10.1. The van der Waals surface area contributed by atoms with Gasteiger partial charge in [0.15, 0.2) is 11.5 Å². The number of hydrogen-bond donors (Lipinski definition) is 1. The van der Waals surface area contributed by atoms with Gasteiger partial charge in [0.2, 0.25) is 5.75 Å². The van der Waals surface area contributed by atoms with E-state index in [1.807, 2.05) is 0 Å². The van der Waals surface area contributed by atoms with Crippen LogP contribution >= 0.6 is 0 Å². The molecule has 2 rings (SSSR count). The fourth-order valence-corrected chi connectivity index (χ4v) is 1.67. The summed E-state index contributed by atoms with van der Waals surface area (Å²) in [5, 5.41) is 10.0. The minimum absolute atomic E-state index is 0.0892. The molecule has 0 unspecified atom stereocenters. The summed E-state index contributed by atoms with van der Waals surface area (Å²) in [6.45, 7) is 6.37. The molecule has 0 atom stereocenters. The molecule has 5 heteroatoms. The molecule has 0 radical (unpaired) electrons. The number of aromatic hydroxyl groups is 1. The molecule has 0 saturated carbocycles. The Balaban J connectivity index is 2.35. The highest BCUT2D eigenvalue weighted by Crippen LogP contribution is 2.43. The van der Waals surface area contributed by atoms with Gasteiger partial charge in [0, 0.05) is 5.56 Å². The molecule has 1 aliphatic heterocycles. The number of phenols is 1. The summed E-state index contributed by atoms with van der Waals surface area (Å²) >= 11 is 0. The van der Waals surface area contributed by atoms with Crippen LogP contribution in [0.1, 0.15) is 12.5 Å². The molecular weight excluding hydrogens is 236 g/mol. The maximum Gasteiger partial charge on any atom is 0.338 e. The molecule has 0 amide bonds. The van der Waals surface area contributed by atoms with Crippen LogP contribution in [0.4, 0.5) is 0 Å². The highest BCUT2D eigenvalue weighted by molar-refractivity contribution is 6.16. The number of rotatable bonds is 3. The number of esters is 1. The maximum absolute atomic E-state index is 11.6. The van der Waals surface area contributed by atoms with Gasteiger partial charge in [-0.2, -0.15) is 0 Å². The van der Waals surface area contributed by atoms with Gasteiger partial charge < -0.3 is 19.3 Å². The zero-order chi connectivity index (χ0) is 13.1. The van der Waals surface area contributed by atoms with Gasteiger partial charge >= 0.3 is 5.97 Å². The third-order valence-electron chi connectivity index (χ3n) is 2.53. The van der Waals surface area contributed by atoms with Crippen molar-refractivity contribution in [2.75, 3.05) is 19.8 Å². The lowest BCUT2D eigenvalue weighted by atomic mass is 10.1. The molecule has 1 aliphatic rings. The molecule has 1 aromatic rings. The lowest BCUT2D eigenvalue weighted by molar-refractivity contribution is -0.136. The Morgan fingerprint density at radius 1 is 1.44 bits per heavy atom. The van der Waals surface area contributed by atoms with E-state index >= 15 is 0 Å². The van der Waals surface area contributed by atoms with Crippen molar-refractivity contribution in [3.05, 3.63) is 24.3 Å². The van der Waals surface area contributed by atoms with Crippen molar-refractivity contribution >= 4 is 11.5 Å². The van der Waals surface area contributed by atoms with Crippen LogP contribution in [0.3, 0.4) is 0 Å². The summed E-state index contributed by atoms with van der Waals surface area (Å²) in [5.41, 5.74) is 0.379. The summed E-state index contributed by atoms with van der Waals surface area (Å²) < 4.78 is 15.5. The van der Waals surface area contributed by atoms with Crippen LogP contribution in [0.15, 0.2) is 18.7 Å². The van der Waals surface area contributed by atoms with Crippen LogP contribution in [0.5, 0.6) is 17.2 Å². The van der Waals surface area contributed by atoms with Crippen LogP contribution < -0.4 is 9.47 Å². The van der Waals surface area contributed by atoms with E-state index in [4.69, 9.17) is 14.2 Å². The third-order valence-corrected chi connectivity index (χ3v) is 2.53. The molecule has 0 bridgehead atoms. The molecule has 1 N–H and O–H groups in total. The molecule has 0 aliphatic carbocycles. The highest BCUT2D eigenvalue weighted by atomic mass is 16.6. The smallest absolute Gasteiger partial charge is 0.338 e. The number of benzene rings is 1. The van der Waals surface area contributed by atoms with Crippen LogP contribution in [0.25, 0.3) is 5.57 Å². The Labute approximate surface area is 105 Å². The summed E-state index contributed by atoms with van der Waals surface area (Å²) in [4.78, 5) is 11.6. The summed E-state index contributed by atoms with van der Waals surface area (Å²) in [7, 11) is 0. The monoisotopic (exact) mass is 250 g/mol. The Bertz CT molecular complexity index is 492. The van der Waals surface area contributed by atoms with Crippen molar-refractivity contribution in [1.82, 2.24) is 0 Å². The van der Waals surface area contributed by atoms with Gasteiger partial charge in [-0.1, -0.05) is 6.58 Å². The van der Waals surface area contributed by atoms with E-state index in [1.165, 1.54) is 0 Å². The Hall–Kier alpha value is -2.17. The second-order valence-electron chi connectivity index (χ2n) is 3.68. The van der Waals surface area contributed by atoms with E-state index in [0.29, 0.717) is 19.0 Å². The molecular formula is C13H14O5. The summed E-state index contributed by atoms with van der Waals surface area (Å²) in [6, 6.07) is 3.19. The molecule has 0 aromatic heterocycles. The van der Waals surface area contributed by atoms with Crippen molar-refractivity contribution in [2.24, 2.45) is 0 Å². The quantitative estimate of drug-likeness (QED) is 0.654. The minimum atomic E-state index is -0.565. The predicted octanol–water partition coefficient (Wildman–Crippen LogP) is 1.74. The molecule has 96 valence electrons. The fourth-order valence-electron chi connectivity index (χ4n) is 1.67. The Morgan fingerprint density at radius 2 is 2.17 bits per heavy atom. The second-order valence-corrected chi connectivity index (χ2v) is 3.68. The largest absolute Gasteiger partial charge is 0.504 e. The van der Waals surface area contributed by atoms with Crippen LogP contribution in [0.2, 0.25) is 0 Å². The average Bonchev–Trinajstić information content (AvgIpc) is 2.39. The van der Waals surface area contributed by atoms with Crippen molar-refractivity contribution in [3.63, 3.8) is 0 Å². The number of phenolic OH excluding ortho intramolecular Hbond substituents is 1. The first-order valence-electron chi connectivity index (χ1n) is 5.63. The van der Waals surface area contributed by atoms with Crippen molar-refractivity contribution in [3.8, 4) is 17.2 Å². The lowest BCUT2D eigenvalue weighted by Gasteiger charge is -2.20. The average molecular weight is 250 g/mol. The van der Waals surface area contributed by atoms with E-state index in [9.17, 15) is 9.90 Å². The van der Waals surface area contributed by atoms with Gasteiger partial charge in [0.1, 0.15) is 13.2 Å². The number of fused-ring (bicyclic) bond motifs is 1. The van der Waals surface area contributed by atoms with Gasteiger partial charge in [0.25, 0.3) is 0 Å². The van der Waals surface area contributed by atoms with Crippen LogP contribution in [-0.2, 0) is 9.53 Å². The maximum atomic E-state index is 11.6. The number of carbonyl (C=O) groups is 1. The van der Waals surface area contributed by atoms with Gasteiger partial charge in [-0.25, -0.2) is 4.79 Å². The van der Waals surface area contributed by atoms with Crippen LogP contribution in [-0.4, -0.2) is 30.9 Å². The number of hydrogen-bond acceptors (Lipinski definition) is 5. The topological polar surface area (TPSA) is 65.0 Å². The molecule has 5 nitrogen and oxygen atoms in total. The van der Waals surface area contributed by atoms with Gasteiger partial charge in [-0.3, -0.25) is 0 Å². The molecule has 1 aromatic carbocycles. The first-order chi connectivity index (χ1) is 8.65. The molecule has 0 spiro atoms. The Morgan fingerprint density at radius 3 is 2.89 bits per heavy atom. The molecule has 0 fully saturated rings. The fraction of sp³-hybridized carbons (Fsp3) is 0.308. The Kier molecular flexibility index (Phi) is 3.41. The second kappa shape index (κ2) is 5.00. The highest BCUT2D eigenvalue weighted by Gasteiger charge is 2.22. The summed E-state index contributed by atoms with van der Waals surface area (Å²) in [5.74, 6) is -0.0157. The minimum Gasteiger partial charge on any atom is -0.504 e. The summed E-state index contributed by atoms with van der Waals surface area (Å²) in [6.07, 6.45) is 0.